The summed E-state index contributed by atoms with van der Waals surface area (Å²) in [5, 5.41) is 2.83. The first-order valence-electron chi connectivity index (χ1n) is 6.03. The maximum Gasteiger partial charge on any atom is 0.239 e. The lowest BCUT2D eigenvalue weighted by atomic mass is 10.0. The number of nitrogens with one attached hydrogen (secondary N) is 1. The molecule has 19 heavy (non-hydrogen) atoms. The van der Waals surface area contributed by atoms with E-state index in [9.17, 15) is 4.79 Å². The molecule has 2 rings (SSSR count). The van der Waals surface area contributed by atoms with Crippen molar-refractivity contribution in [3.63, 3.8) is 0 Å². The van der Waals surface area contributed by atoms with Crippen LogP contribution < -0.4 is 5.32 Å². The quantitative estimate of drug-likeness (QED) is 0.870. The van der Waals surface area contributed by atoms with Crippen molar-refractivity contribution in [1.29, 1.82) is 0 Å². The van der Waals surface area contributed by atoms with Gasteiger partial charge in [-0.25, -0.2) is 0 Å². The molecule has 1 heterocycles. The van der Waals surface area contributed by atoms with Crippen LogP contribution in [0.25, 0.3) is 0 Å². The molecular formula is C15H15ClN2O. The molecular weight excluding hydrogens is 260 g/mol. The Morgan fingerprint density at radius 3 is 2.89 bits per heavy atom. The number of halogens is 1. The summed E-state index contributed by atoms with van der Waals surface area (Å²) in [5.74, 6) is -0.236. The summed E-state index contributed by atoms with van der Waals surface area (Å²) < 4.78 is 0. The van der Waals surface area contributed by atoms with Gasteiger partial charge in [0.05, 0.1) is 0 Å². The van der Waals surface area contributed by atoms with Crippen LogP contribution in [0.1, 0.15) is 16.7 Å². The number of alkyl halides is 1. The van der Waals surface area contributed by atoms with Crippen molar-refractivity contribution in [3.8, 4) is 0 Å². The highest BCUT2D eigenvalue weighted by Gasteiger charge is 2.07. The van der Waals surface area contributed by atoms with Crippen LogP contribution in [0.2, 0.25) is 0 Å². The molecule has 0 saturated carbocycles. The molecule has 1 aromatic heterocycles. The Hall–Kier alpha value is -1.87. The SMILES string of the molecule is Cc1ccc(Cc2cccnc2)c(NC(=O)CCl)c1. The van der Waals surface area contributed by atoms with Gasteiger partial charge in [0.1, 0.15) is 5.88 Å². The number of anilines is 1. The molecule has 0 aliphatic rings. The number of amides is 1. The van der Waals surface area contributed by atoms with Crippen LogP contribution in [0.3, 0.4) is 0 Å². The van der Waals surface area contributed by atoms with E-state index in [0.29, 0.717) is 0 Å². The van der Waals surface area contributed by atoms with Gasteiger partial charge in [-0.15, -0.1) is 11.6 Å². The molecule has 0 bridgehead atoms. The van der Waals surface area contributed by atoms with E-state index in [1.54, 1.807) is 6.20 Å². The fourth-order valence-electron chi connectivity index (χ4n) is 1.87. The minimum atomic E-state index is -0.195. The van der Waals surface area contributed by atoms with Crippen LogP contribution >= 0.6 is 11.6 Å². The Balaban J connectivity index is 2.26. The maximum atomic E-state index is 11.4. The fraction of sp³-hybridized carbons (Fsp3) is 0.200. The number of carbonyl (C=O) groups is 1. The molecule has 0 unspecified atom stereocenters. The molecule has 4 heteroatoms. The van der Waals surface area contributed by atoms with Gasteiger partial charge >= 0.3 is 0 Å². The Kier molecular flexibility index (Phi) is 4.53. The van der Waals surface area contributed by atoms with Crippen molar-refractivity contribution in [2.75, 3.05) is 11.2 Å². The average Bonchev–Trinajstić information content (AvgIpc) is 2.43. The van der Waals surface area contributed by atoms with E-state index in [-0.39, 0.29) is 11.8 Å². The zero-order valence-corrected chi connectivity index (χ0v) is 11.4. The number of aryl methyl sites for hydroxylation is 1. The van der Waals surface area contributed by atoms with Gasteiger partial charge in [-0.05, 0) is 35.7 Å². The Morgan fingerprint density at radius 1 is 1.37 bits per heavy atom. The van der Waals surface area contributed by atoms with E-state index in [4.69, 9.17) is 11.6 Å². The van der Waals surface area contributed by atoms with Crippen molar-refractivity contribution in [3.05, 3.63) is 59.4 Å². The summed E-state index contributed by atoms with van der Waals surface area (Å²) >= 11 is 5.53. The van der Waals surface area contributed by atoms with Crippen LogP contribution in [-0.2, 0) is 11.2 Å². The highest BCUT2D eigenvalue weighted by Crippen LogP contribution is 2.20. The third-order valence-electron chi connectivity index (χ3n) is 2.78. The van der Waals surface area contributed by atoms with Crippen LogP contribution in [0, 0.1) is 6.92 Å². The highest BCUT2D eigenvalue weighted by atomic mass is 35.5. The minimum Gasteiger partial charge on any atom is -0.325 e. The summed E-state index contributed by atoms with van der Waals surface area (Å²) in [4.78, 5) is 15.5. The number of hydrogen-bond donors (Lipinski definition) is 1. The summed E-state index contributed by atoms with van der Waals surface area (Å²) in [6, 6.07) is 9.92. The lowest BCUT2D eigenvalue weighted by Crippen LogP contribution is -2.14. The second-order valence-electron chi connectivity index (χ2n) is 4.38. The van der Waals surface area contributed by atoms with E-state index in [1.807, 2.05) is 43.5 Å². The van der Waals surface area contributed by atoms with E-state index in [1.165, 1.54) is 0 Å². The largest absolute Gasteiger partial charge is 0.325 e. The standard InChI is InChI=1S/C15H15ClN2O/c1-11-4-5-13(8-12-3-2-6-17-10-12)14(7-11)18-15(19)9-16/h2-7,10H,8-9H2,1H3,(H,18,19). The molecule has 0 spiro atoms. The normalized spacial score (nSPS) is 10.2. The van der Waals surface area contributed by atoms with Gasteiger partial charge in [0.2, 0.25) is 5.91 Å². The van der Waals surface area contributed by atoms with Crippen LogP contribution in [0.5, 0.6) is 0 Å². The number of pyridine rings is 1. The van der Waals surface area contributed by atoms with Crippen molar-refractivity contribution in [2.45, 2.75) is 13.3 Å². The lowest BCUT2D eigenvalue weighted by Gasteiger charge is -2.11. The monoisotopic (exact) mass is 274 g/mol. The molecule has 0 aliphatic heterocycles. The second kappa shape index (κ2) is 6.34. The highest BCUT2D eigenvalue weighted by molar-refractivity contribution is 6.29. The molecule has 98 valence electrons. The Labute approximate surface area is 117 Å². The van der Waals surface area contributed by atoms with Crippen LogP contribution in [0.4, 0.5) is 5.69 Å². The summed E-state index contributed by atoms with van der Waals surface area (Å²) in [6.45, 7) is 1.99. The van der Waals surface area contributed by atoms with Gasteiger partial charge in [-0.1, -0.05) is 18.2 Å². The first-order valence-corrected chi connectivity index (χ1v) is 6.57. The van der Waals surface area contributed by atoms with E-state index in [0.717, 1.165) is 28.8 Å². The number of carbonyl (C=O) groups excluding carboxylic acids is 1. The topological polar surface area (TPSA) is 42.0 Å². The Bertz CT molecular complexity index is 570. The minimum absolute atomic E-state index is 0.0414. The van der Waals surface area contributed by atoms with Crippen molar-refractivity contribution in [2.24, 2.45) is 0 Å². The molecule has 1 N–H and O–H groups in total. The van der Waals surface area contributed by atoms with Crippen LogP contribution in [0.15, 0.2) is 42.7 Å². The van der Waals surface area contributed by atoms with E-state index in [2.05, 4.69) is 10.3 Å². The number of benzene rings is 1. The third kappa shape index (κ3) is 3.80. The van der Waals surface area contributed by atoms with Gasteiger partial charge in [-0.3, -0.25) is 9.78 Å². The molecule has 0 radical (unpaired) electrons. The van der Waals surface area contributed by atoms with Gasteiger partial charge < -0.3 is 5.32 Å². The molecule has 1 amide bonds. The molecule has 2 aromatic rings. The summed E-state index contributed by atoms with van der Waals surface area (Å²) in [6.07, 6.45) is 4.30. The van der Waals surface area contributed by atoms with Gasteiger partial charge in [0.25, 0.3) is 0 Å². The van der Waals surface area contributed by atoms with Gasteiger partial charge in [0.15, 0.2) is 0 Å². The molecule has 0 fully saturated rings. The van der Waals surface area contributed by atoms with E-state index < -0.39 is 0 Å². The number of rotatable bonds is 4. The molecule has 0 atom stereocenters. The van der Waals surface area contributed by atoms with E-state index >= 15 is 0 Å². The predicted molar refractivity (Wildman–Crippen MR) is 77.6 cm³/mol. The zero-order valence-electron chi connectivity index (χ0n) is 10.7. The third-order valence-corrected chi connectivity index (χ3v) is 3.02. The summed E-state index contributed by atoms with van der Waals surface area (Å²) in [5.41, 5.74) is 4.07. The average molecular weight is 275 g/mol. The smallest absolute Gasteiger partial charge is 0.239 e. The first-order chi connectivity index (χ1) is 9.19. The van der Waals surface area contributed by atoms with Crippen molar-refractivity contribution >= 4 is 23.2 Å². The molecule has 3 nitrogen and oxygen atoms in total. The van der Waals surface area contributed by atoms with Crippen molar-refractivity contribution < 1.29 is 4.79 Å². The number of nitrogens with zero attached hydrogens (tertiary/aromatic N) is 1. The van der Waals surface area contributed by atoms with Gasteiger partial charge in [-0.2, -0.15) is 0 Å². The predicted octanol–water partition coefficient (Wildman–Crippen LogP) is 3.16. The zero-order chi connectivity index (χ0) is 13.7. The molecule has 0 aliphatic carbocycles. The molecule has 1 aromatic carbocycles. The maximum absolute atomic E-state index is 11.4. The first kappa shape index (κ1) is 13.6. The lowest BCUT2D eigenvalue weighted by molar-refractivity contribution is -0.113. The number of hydrogen-bond acceptors (Lipinski definition) is 2. The summed E-state index contributed by atoms with van der Waals surface area (Å²) in [7, 11) is 0. The Morgan fingerprint density at radius 2 is 2.21 bits per heavy atom. The fourth-order valence-corrected chi connectivity index (χ4v) is 1.93. The van der Waals surface area contributed by atoms with Gasteiger partial charge in [0, 0.05) is 24.5 Å². The number of aromatic nitrogens is 1. The molecule has 0 saturated heterocycles. The van der Waals surface area contributed by atoms with Crippen molar-refractivity contribution in [1.82, 2.24) is 4.98 Å². The second-order valence-corrected chi connectivity index (χ2v) is 4.65. The van der Waals surface area contributed by atoms with Crippen LogP contribution in [-0.4, -0.2) is 16.8 Å².